The zero-order valence-corrected chi connectivity index (χ0v) is 15.9. The Morgan fingerprint density at radius 3 is 2.57 bits per heavy atom. The van der Waals surface area contributed by atoms with Gasteiger partial charge in [-0.15, -0.1) is 0 Å². The Kier molecular flexibility index (Phi) is 5.80. The van der Waals surface area contributed by atoms with Crippen LogP contribution in [0.3, 0.4) is 0 Å². The van der Waals surface area contributed by atoms with Gasteiger partial charge in [-0.3, -0.25) is 19.7 Å². The van der Waals surface area contributed by atoms with E-state index in [0.29, 0.717) is 5.69 Å². The second-order valence-corrected chi connectivity index (χ2v) is 6.58. The molecule has 3 rings (SSSR count). The van der Waals surface area contributed by atoms with E-state index in [2.05, 4.69) is 31.5 Å². The van der Waals surface area contributed by atoms with Crippen LogP contribution in [-0.4, -0.2) is 32.8 Å². The highest BCUT2D eigenvalue weighted by Gasteiger charge is 2.19. The zero-order valence-electron chi connectivity index (χ0n) is 14.3. The molecule has 0 saturated heterocycles. The van der Waals surface area contributed by atoms with Gasteiger partial charge in [0.05, 0.1) is 17.8 Å². The zero-order chi connectivity index (χ0) is 20.1. The highest BCUT2D eigenvalue weighted by atomic mass is 79.9. The quantitative estimate of drug-likeness (QED) is 0.448. The van der Waals surface area contributed by atoms with Gasteiger partial charge in [-0.1, -0.05) is 15.9 Å². The lowest BCUT2D eigenvalue weighted by Crippen LogP contribution is -2.32. The van der Waals surface area contributed by atoms with Crippen LogP contribution in [0.25, 0.3) is 5.69 Å². The van der Waals surface area contributed by atoms with Gasteiger partial charge >= 0.3 is 0 Å². The van der Waals surface area contributed by atoms with Gasteiger partial charge in [-0.05, 0) is 36.4 Å². The number of amides is 2. The molecule has 1 heterocycles. The summed E-state index contributed by atoms with van der Waals surface area (Å²) in [5.74, 6) is -1.01. The second-order valence-electron chi connectivity index (χ2n) is 5.67. The van der Waals surface area contributed by atoms with Gasteiger partial charge in [-0.2, -0.15) is 0 Å². The fraction of sp³-hybridized carbons (Fsp3) is 0.0556. The molecule has 0 fully saturated rings. The molecule has 0 saturated carbocycles. The lowest BCUT2D eigenvalue weighted by Gasteiger charge is -2.09. The van der Waals surface area contributed by atoms with E-state index in [-0.39, 0.29) is 23.5 Å². The molecular weight excluding hydrogens is 430 g/mol. The molecule has 10 heteroatoms. The molecule has 2 N–H and O–H groups in total. The Balaban J connectivity index is 1.67. The number of nitrogens with zero attached hydrogens (tertiary/aromatic N) is 3. The molecule has 2 aromatic carbocycles. The van der Waals surface area contributed by atoms with Crippen LogP contribution >= 0.6 is 15.9 Å². The number of hydrogen-bond donors (Lipinski definition) is 2. The first kappa shape index (κ1) is 19.2. The number of imidazole rings is 1. The predicted octanol–water partition coefficient (Wildman–Crippen LogP) is 2.91. The molecule has 1 aromatic heterocycles. The van der Waals surface area contributed by atoms with Crippen LogP contribution < -0.4 is 10.6 Å². The van der Waals surface area contributed by atoms with E-state index in [4.69, 9.17) is 0 Å². The lowest BCUT2D eigenvalue weighted by molar-refractivity contribution is -0.384. The van der Waals surface area contributed by atoms with Crippen LogP contribution in [0, 0.1) is 10.1 Å². The van der Waals surface area contributed by atoms with Crippen molar-refractivity contribution in [2.24, 2.45) is 0 Å². The van der Waals surface area contributed by atoms with Crippen LogP contribution in [0.15, 0.2) is 65.7 Å². The molecule has 2 amide bonds. The number of rotatable bonds is 6. The third kappa shape index (κ3) is 4.60. The van der Waals surface area contributed by atoms with E-state index in [9.17, 15) is 19.7 Å². The largest absolute Gasteiger partial charge is 0.343 e. The van der Waals surface area contributed by atoms with Crippen molar-refractivity contribution in [3.05, 3.63) is 81.3 Å². The Morgan fingerprint density at radius 1 is 1.18 bits per heavy atom. The Hall–Kier alpha value is -3.53. The smallest absolute Gasteiger partial charge is 0.294 e. The minimum absolute atomic E-state index is 0.0759. The molecule has 9 nitrogen and oxygen atoms in total. The summed E-state index contributed by atoms with van der Waals surface area (Å²) >= 11 is 3.30. The molecule has 0 aliphatic rings. The number of nitro groups is 1. The molecule has 28 heavy (non-hydrogen) atoms. The summed E-state index contributed by atoms with van der Waals surface area (Å²) in [5, 5.41) is 16.4. The van der Waals surface area contributed by atoms with E-state index >= 15 is 0 Å². The molecular formula is C18H14BrN5O4. The minimum Gasteiger partial charge on any atom is -0.343 e. The number of carbonyl (C=O) groups excluding carboxylic acids is 2. The highest BCUT2D eigenvalue weighted by molar-refractivity contribution is 9.10. The number of halogens is 1. The minimum atomic E-state index is -0.591. The predicted molar refractivity (Wildman–Crippen MR) is 105 cm³/mol. The number of aromatic nitrogens is 2. The number of hydrogen-bond acceptors (Lipinski definition) is 5. The van der Waals surface area contributed by atoms with E-state index in [0.717, 1.165) is 10.5 Å². The van der Waals surface area contributed by atoms with Crippen molar-refractivity contribution >= 4 is 39.1 Å². The van der Waals surface area contributed by atoms with E-state index in [1.807, 2.05) is 0 Å². The van der Waals surface area contributed by atoms with Crippen molar-refractivity contribution in [1.29, 1.82) is 0 Å². The van der Waals surface area contributed by atoms with Gasteiger partial charge in [0.1, 0.15) is 5.69 Å². The summed E-state index contributed by atoms with van der Waals surface area (Å²) in [6.07, 6.45) is 4.48. The molecule has 0 aliphatic heterocycles. The standard InChI is InChI=1S/C18H14BrN5O4/c19-13-2-4-14(5-3-13)22-17(25)10-21-18(26)12-1-6-15(16(9-12)24(27)28)23-8-7-20-11-23/h1-9,11H,10H2,(H,21,26)(H,22,25). The second kappa shape index (κ2) is 8.44. The van der Waals surface area contributed by atoms with Crippen LogP contribution in [0.4, 0.5) is 11.4 Å². The summed E-state index contributed by atoms with van der Waals surface area (Å²) in [5.41, 5.74) is 0.701. The topological polar surface area (TPSA) is 119 Å². The van der Waals surface area contributed by atoms with Gasteiger partial charge in [0, 0.05) is 34.2 Å². The third-order valence-electron chi connectivity index (χ3n) is 3.75. The Bertz CT molecular complexity index is 1020. The van der Waals surface area contributed by atoms with Crippen molar-refractivity contribution in [2.75, 3.05) is 11.9 Å². The van der Waals surface area contributed by atoms with Crippen molar-refractivity contribution in [2.45, 2.75) is 0 Å². The first-order chi connectivity index (χ1) is 13.4. The summed E-state index contributed by atoms with van der Waals surface area (Å²) < 4.78 is 2.35. The molecule has 0 bridgehead atoms. The van der Waals surface area contributed by atoms with Crippen LogP contribution in [0.1, 0.15) is 10.4 Å². The summed E-state index contributed by atoms with van der Waals surface area (Å²) in [6, 6.07) is 11.0. The van der Waals surface area contributed by atoms with Crippen molar-refractivity contribution in [3.8, 4) is 5.69 Å². The highest BCUT2D eigenvalue weighted by Crippen LogP contribution is 2.24. The maximum atomic E-state index is 12.3. The first-order valence-electron chi connectivity index (χ1n) is 8.04. The summed E-state index contributed by atoms with van der Waals surface area (Å²) in [4.78, 5) is 38.9. The van der Waals surface area contributed by atoms with E-state index in [1.165, 1.54) is 29.2 Å². The van der Waals surface area contributed by atoms with Gasteiger partial charge in [0.2, 0.25) is 5.91 Å². The number of anilines is 1. The van der Waals surface area contributed by atoms with Gasteiger partial charge in [0.25, 0.3) is 11.6 Å². The Labute approximate surface area is 167 Å². The molecule has 0 unspecified atom stereocenters. The van der Waals surface area contributed by atoms with Crippen LogP contribution in [0.2, 0.25) is 0 Å². The maximum absolute atomic E-state index is 12.3. The SMILES string of the molecule is O=C(CNC(=O)c1ccc(-n2ccnc2)c([N+](=O)[O-])c1)Nc1ccc(Br)cc1. The molecule has 142 valence electrons. The fourth-order valence-electron chi connectivity index (χ4n) is 2.43. The van der Waals surface area contributed by atoms with Crippen molar-refractivity contribution in [1.82, 2.24) is 14.9 Å². The van der Waals surface area contributed by atoms with E-state index in [1.54, 1.807) is 30.5 Å². The number of benzene rings is 2. The fourth-order valence-corrected chi connectivity index (χ4v) is 2.70. The van der Waals surface area contributed by atoms with Crippen molar-refractivity contribution < 1.29 is 14.5 Å². The number of nitrogens with one attached hydrogen (secondary N) is 2. The third-order valence-corrected chi connectivity index (χ3v) is 4.28. The first-order valence-corrected chi connectivity index (χ1v) is 8.84. The molecule has 0 atom stereocenters. The summed E-state index contributed by atoms with van der Waals surface area (Å²) in [6.45, 7) is -0.272. The average Bonchev–Trinajstić information content (AvgIpc) is 3.22. The van der Waals surface area contributed by atoms with E-state index < -0.39 is 16.7 Å². The van der Waals surface area contributed by atoms with Gasteiger partial charge in [0.15, 0.2) is 0 Å². The van der Waals surface area contributed by atoms with Crippen LogP contribution in [-0.2, 0) is 4.79 Å². The summed E-state index contributed by atoms with van der Waals surface area (Å²) in [7, 11) is 0. The normalized spacial score (nSPS) is 10.3. The number of nitro benzene ring substituents is 1. The van der Waals surface area contributed by atoms with Crippen LogP contribution in [0.5, 0.6) is 0 Å². The van der Waals surface area contributed by atoms with Gasteiger partial charge < -0.3 is 15.2 Å². The molecule has 3 aromatic rings. The Morgan fingerprint density at radius 2 is 1.93 bits per heavy atom. The number of carbonyl (C=O) groups is 2. The monoisotopic (exact) mass is 443 g/mol. The maximum Gasteiger partial charge on any atom is 0.294 e. The molecule has 0 spiro atoms. The average molecular weight is 444 g/mol. The molecule has 0 radical (unpaired) electrons. The van der Waals surface area contributed by atoms with Gasteiger partial charge in [-0.25, -0.2) is 4.98 Å². The lowest BCUT2D eigenvalue weighted by atomic mass is 10.1. The van der Waals surface area contributed by atoms with Crippen molar-refractivity contribution in [3.63, 3.8) is 0 Å². The molecule has 0 aliphatic carbocycles.